The normalized spacial score (nSPS) is 10.7. The van der Waals surface area contributed by atoms with E-state index in [9.17, 15) is 4.79 Å². The van der Waals surface area contributed by atoms with Crippen LogP contribution in [-0.4, -0.2) is 19.7 Å². The SMILES string of the molecule is CCOC(=O)/C(C#N)=C\c1ccc(OCc2ccc(OC)cc2)cc1. The number of benzene rings is 2. The molecule has 0 amide bonds. The van der Waals surface area contributed by atoms with Crippen LogP contribution >= 0.6 is 0 Å². The van der Waals surface area contributed by atoms with E-state index >= 15 is 0 Å². The molecule has 0 aliphatic rings. The molecular weight excluding hydrogens is 318 g/mol. The van der Waals surface area contributed by atoms with Gasteiger partial charge in [0.05, 0.1) is 13.7 Å². The van der Waals surface area contributed by atoms with Crippen molar-refractivity contribution >= 4 is 12.0 Å². The molecule has 0 unspecified atom stereocenters. The van der Waals surface area contributed by atoms with Crippen LogP contribution in [0.1, 0.15) is 18.1 Å². The number of rotatable bonds is 7. The van der Waals surface area contributed by atoms with Crippen molar-refractivity contribution in [2.45, 2.75) is 13.5 Å². The summed E-state index contributed by atoms with van der Waals surface area (Å²) in [7, 11) is 1.63. The average Bonchev–Trinajstić information content (AvgIpc) is 2.66. The Morgan fingerprint density at radius 1 is 1.08 bits per heavy atom. The molecule has 0 bridgehead atoms. The fourth-order valence-corrected chi connectivity index (χ4v) is 2.06. The van der Waals surface area contributed by atoms with Crippen LogP contribution in [0.5, 0.6) is 11.5 Å². The van der Waals surface area contributed by atoms with Crippen LogP contribution in [0.2, 0.25) is 0 Å². The first-order valence-electron chi connectivity index (χ1n) is 7.81. The minimum absolute atomic E-state index is 0.0336. The lowest BCUT2D eigenvalue weighted by molar-refractivity contribution is -0.137. The molecule has 128 valence electrons. The Kier molecular flexibility index (Phi) is 6.61. The van der Waals surface area contributed by atoms with E-state index < -0.39 is 5.97 Å². The number of nitriles is 1. The summed E-state index contributed by atoms with van der Waals surface area (Å²) in [5.74, 6) is 0.877. The predicted octanol–water partition coefficient (Wildman–Crippen LogP) is 3.74. The third-order valence-electron chi connectivity index (χ3n) is 3.37. The fourth-order valence-electron chi connectivity index (χ4n) is 2.06. The summed E-state index contributed by atoms with van der Waals surface area (Å²) in [5, 5.41) is 9.03. The molecule has 0 atom stereocenters. The average molecular weight is 337 g/mol. The Balaban J connectivity index is 1.99. The van der Waals surface area contributed by atoms with Gasteiger partial charge in [0.25, 0.3) is 0 Å². The van der Waals surface area contributed by atoms with E-state index in [-0.39, 0.29) is 12.2 Å². The lowest BCUT2D eigenvalue weighted by atomic mass is 10.1. The van der Waals surface area contributed by atoms with Crippen molar-refractivity contribution in [3.63, 3.8) is 0 Å². The number of hydrogen-bond acceptors (Lipinski definition) is 5. The smallest absolute Gasteiger partial charge is 0.348 e. The summed E-state index contributed by atoms with van der Waals surface area (Å²) in [4.78, 5) is 11.6. The molecule has 0 heterocycles. The van der Waals surface area contributed by atoms with E-state index in [1.165, 1.54) is 6.08 Å². The molecule has 0 spiro atoms. The third kappa shape index (κ3) is 5.40. The van der Waals surface area contributed by atoms with Gasteiger partial charge >= 0.3 is 5.97 Å². The predicted molar refractivity (Wildman–Crippen MR) is 94.0 cm³/mol. The summed E-state index contributed by atoms with van der Waals surface area (Å²) < 4.78 is 15.7. The standard InChI is InChI=1S/C20H19NO4/c1-3-24-20(22)17(13-21)12-15-4-10-19(11-5-15)25-14-16-6-8-18(23-2)9-7-16/h4-12H,3,14H2,1-2H3/b17-12-. The van der Waals surface area contributed by atoms with Crippen molar-refractivity contribution in [1.29, 1.82) is 5.26 Å². The maximum Gasteiger partial charge on any atom is 0.348 e. The molecule has 0 N–H and O–H groups in total. The molecular formula is C20H19NO4. The van der Waals surface area contributed by atoms with Crippen LogP contribution in [0.4, 0.5) is 0 Å². The first-order chi connectivity index (χ1) is 12.2. The van der Waals surface area contributed by atoms with Crippen LogP contribution in [0.15, 0.2) is 54.1 Å². The monoisotopic (exact) mass is 337 g/mol. The molecule has 2 aromatic carbocycles. The molecule has 0 aliphatic carbocycles. The van der Waals surface area contributed by atoms with Crippen molar-refractivity contribution < 1.29 is 19.0 Å². The van der Waals surface area contributed by atoms with Gasteiger partial charge in [-0.3, -0.25) is 0 Å². The van der Waals surface area contributed by atoms with E-state index in [1.807, 2.05) is 30.3 Å². The van der Waals surface area contributed by atoms with Crippen molar-refractivity contribution in [2.24, 2.45) is 0 Å². The molecule has 2 aromatic rings. The van der Waals surface area contributed by atoms with Crippen LogP contribution in [0.3, 0.4) is 0 Å². The van der Waals surface area contributed by atoms with Gasteiger partial charge in [0.1, 0.15) is 29.7 Å². The van der Waals surface area contributed by atoms with Gasteiger partial charge in [0, 0.05) is 0 Å². The number of methoxy groups -OCH3 is 1. The van der Waals surface area contributed by atoms with Gasteiger partial charge in [-0.2, -0.15) is 5.26 Å². The van der Waals surface area contributed by atoms with Crippen molar-refractivity contribution in [1.82, 2.24) is 0 Å². The number of esters is 1. The highest BCUT2D eigenvalue weighted by atomic mass is 16.5. The van der Waals surface area contributed by atoms with Gasteiger partial charge in [-0.1, -0.05) is 24.3 Å². The topological polar surface area (TPSA) is 68.6 Å². The second-order valence-corrected chi connectivity index (χ2v) is 5.10. The summed E-state index contributed by atoms with van der Waals surface area (Å²) in [6, 6.07) is 16.6. The second-order valence-electron chi connectivity index (χ2n) is 5.10. The largest absolute Gasteiger partial charge is 0.497 e. The zero-order valence-electron chi connectivity index (χ0n) is 14.2. The number of ether oxygens (including phenoxy) is 3. The van der Waals surface area contributed by atoms with E-state index in [0.29, 0.717) is 12.4 Å². The maximum absolute atomic E-state index is 11.6. The van der Waals surface area contributed by atoms with Crippen LogP contribution < -0.4 is 9.47 Å². The highest BCUT2D eigenvalue weighted by molar-refractivity contribution is 5.97. The molecule has 5 nitrogen and oxygen atoms in total. The lowest BCUT2D eigenvalue weighted by Crippen LogP contribution is -2.05. The minimum Gasteiger partial charge on any atom is -0.497 e. The Morgan fingerprint density at radius 2 is 1.72 bits per heavy atom. The zero-order chi connectivity index (χ0) is 18.1. The first-order valence-corrected chi connectivity index (χ1v) is 7.81. The fraction of sp³-hybridized carbons (Fsp3) is 0.200. The number of carbonyl (C=O) groups is 1. The summed E-state index contributed by atoms with van der Waals surface area (Å²) in [6.07, 6.45) is 1.49. The van der Waals surface area contributed by atoms with Crippen LogP contribution in [-0.2, 0) is 16.1 Å². The quantitative estimate of drug-likeness (QED) is 0.437. The molecule has 0 saturated carbocycles. The molecule has 0 saturated heterocycles. The van der Waals surface area contributed by atoms with Crippen molar-refractivity contribution in [3.8, 4) is 17.6 Å². The van der Waals surface area contributed by atoms with E-state index in [0.717, 1.165) is 16.9 Å². The molecule has 0 aliphatic heterocycles. The molecule has 25 heavy (non-hydrogen) atoms. The van der Waals surface area contributed by atoms with Crippen LogP contribution in [0.25, 0.3) is 6.08 Å². The van der Waals surface area contributed by atoms with E-state index in [4.69, 9.17) is 19.5 Å². The van der Waals surface area contributed by atoms with E-state index in [1.54, 1.807) is 38.3 Å². The first kappa shape index (κ1) is 18.1. The van der Waals surface area contributed by atoms with E-state index in [2.05, 4.69) is 0 Å². The summed E-state index contributed by atoms with van der Waals surface area (Å²) >= 11 is 0. The molecule has 5 heteroatoms. The maximum atomic E-state index is 11.6. The number of hydrogen-bond donors (Lipinski definition) is 0. The Bertz CT molecular complexity index is 771. The molecule has 0 aromatic heterocycles. The second kappa shape index (κ2) is 9.14. The molecule has 0 radical (unpaired) electrons. The third-order valence-corrected chi connectivity index (χ3v) is 3.37. The Morgan fingerprint density at radius 3 is 2.28 bits per heavy atom. The Labute approximate surface area is 147 Å². The van der Waals surface area contributed by atoms with Gasteiger partial charge in [-0.05, 0) is 48.4 Å². The minimum atomic E-state index is -0.621. The highest BCUT2D eigenvalue weighted by Gasteiger charge is 2.09. The number of carbonyl (C=O) groups excluding carboxylic acids is 1. The molecule has 0 fully saturated rings. The Hall–Kier alpha value is -3.26. The number of nitrogens with zero attached hydrogens (tertiary/aromatic N) is 1. The summed E-state index contributed by atoms with van der Waals surface area (Å²) in [6.45, 7) is 2.36. The van der Waals surface area contributed by atoms with Crippen molar-refractivity contribution in [2.75, 3.05) is 13.7 Å². The van der Waals surface area contributed by atoms with Crippen LogP contribution in [0, 0.1) is 11.3 Å². The summed E-state index contributed by atoms with van der Waals surface area (Å²) in [5.41, 5.74) is 1.72. The zero-order valence-corrected chi connectivity index (χ0v) is 14.2. The van der Waals surface area contributed by atoms with Gasteiger partial charge in [0.15, 0.2) is 0 Å². The lowest BCUT2D eigenvalue weighted by Gasteiger charge is -2.07. The van der Waals surface area contributed by atoms with Gasteiger partial charge in [-0.25, -0.2) is 4.79 Å². The van der Waals surface area contributed by atoms with Gasteiger partial charge < -0.3 is 14.2 Å². The van der Waals surface area contributed by atoms with Crippen molar-refractivity contribution in [3.05, 3.63) is 65.2 Å². The molecule has 2 rings (SSSR count). The highest BCUT2D eigenvalue weighted by Crippen LogP contribution is 2.17. The van der Waals surface area contributed by atoms with Gasteiger partial charge in [-0.15, -0.1) is 0 Å². The van der Waals surface area contributed by atoms with Gasteiger partial charge in [0.2, 0.25) is 0 Å².